The zero-order valence-corrected chi connectivity index (χ0v) is 20.2. The average Bonchev–Trinajstić information content (AvgIpc) is 2.91. The summed E-state index contributed by atoms with van der Waals surface area (Å²) >= 11 is 0. The van der Waals surface area contributed by atoms with Gasteiger partial charge in [0.1, 0.15) is 5.54 Å². The Balaban J connectivity index is 1.88. The number of rotatable bonds is 11. The number of nitrogens with one attached hydrogen (secondary N) is 2. The SMILES string of the molecule is CC[C@H](C)C(=O)CNC(=O)[C@@H](N)CC(=O)NC(c1ccccc1)(c1ccccc1)c1ccccc1. The number of hydrogen-bond donors (Lipinski definition) is 3. The molecule has 2 amide bonds. The van der Waals surface area contributed by atoms with Crippen LogP contribution in [0, 0.1) is 5.92 Å². The third-order valence-corrected chi connectivity index (χ3v) is 6.29. The lowest BCUT2D eigenvalue weighted by atomic mass is 9.77. The molecule has 0 saturated heterocycles. The Labute approximate surface area is 206 Å². The lowest BCUT2D eigenvalue weighted by molar-refractivity contribution is -0.129. The van der Waals surface area contributed by atoms with Gasteiger partial charge >= 0.3 is 0 Å². The number of amides is 2. The van der Waals surface area contributed by atoms with Crippen molar-refractivity contribution in [3.8, 4) is 0 Å². The number of carbonyl (C=O) groups excluding carboxylic acids is 3. The van der Waals surface area contributed by atoms with E-state index in [-0.39, 0.29) is 30.6 Å². The molecule has 0 unspecified atom stereocenters. The highest BCUT2D eigenvalue weighted by atomic mass is 16.2. The van der Waals surface area contributed by atoms with Crippen molar-refractivity contribution in [3.05, 3.63) is 108 Å². The van der Waals surface area contributed by atoms with E-state index in [9.17, 15) is 14.4 Å². The maximum absolute atomic E-state index is 13.3. The monoisotopic (exact) mass is 471 g/mol. The van der Waals surface area contributed by atoms with Crippen LogP contribution in [-0.2, 0) is 19.9 Å². The number of Topliss-reactive ketones (excluding diaryl/α,β-unsaturated/α-hetero) is 1. The Morgan fingerprint density at radius 3 is 1.63 bits per heavy atom. The quantitative estimate of drug-likeness (QED) is 0.372. The molecule has 0 aliphatic rings. The highest BCUT2D eigenvalue weighted by Gasteiger charge is 2.38. The van der Waals surface area contributed by atoms with Crippen LogP contribution < -0.4 is 16.4 Å². The van der Waals surface area contributed by atoms with Gasteiger partial charge in [-0.05, 0) is 23.1 Å². The van der Waals surface area contributed by atoms with Gasteiger partial charge in [-0.2, -0.15) is 0 Å². The van der Waals surface area contributed by atoms with Crippen LogP contribution in [-0.4, -0.2) is 30.2 Å². The minimum atomic E-state index is -1.08. The Morgan fingerprint density at radius 1 is 0.800 bits per heavy atom. The van der Waals surface area contributed by atoms with Crippen molar-refractivity contribution >= 4 is 17.6 Å². The summed E-state index contributed by atoms with van der Waals surface area (Å²) in [5.74, 6) is -1.11. The molecule has 0 spiro atoms. The van der Waals surface area contributed by atoms with Crippen molar-refractivity contribution in [1.29, 1.82) is 0 Å². The van der Waals surface area contributed by atoms with Crippen LogP contribution in [0.15, 0.2) is 91.0 Å². The van der Waals surface area contributed by atoms with Gasteiger partial charge in [0, 0.05) is 5.92 Å². The Morgan fingerprint density at radius 2 is 1.23 bits per heavy atom. The van der Waals surface area contributed by atoms with Crippen molar-refractivity contribution in [3.63, 3.8) is 0 Å². The van der Waals surface area contributed by atoms with Crippen LogP contribution >= 0.6 is 0 Å². The molecule has 6 heteroatoms. The smallest absolute Gasteiger partial charge is 0.237 e. The van der Waals surface area contributed by atoms with Crippen molar-refractivity contribution in [2.75, 3.05) is 6.54 Å². The fraction of sp³-hybridized carbons (Fsp3) is 0.276. The molecule has 0 saturated carbocycles. The zero-order chi connectivity index (χ0) is 25.3. The van der Waals surface area contributed by atoms with Crippen LogP contribution in [0.1, 0.15) is 43.4 Å². The molecular formula is C29H33N3O3. The fourth-order valence-electron chi connectivity index (χ4n) is 4.04. The van der Waals surface area contributed by atoms with E-state index in [0.29, 0.717) is 6.42 Å². The summed E-state index contributed by atoms with van der Waals surface area (Å²) in [4.78, 5) is 37.9. The molecule has 0 aliphatic heterocycles. The summed E-state index contributed by atoms with van der Waals surface area (Å²) in [5.41, 5.74) is 7.71. The predicted octanol–water partition coefficient (Wildman–Crippen LogP) is 3.54. The molecule has 0 heterocycles. The second kappa shape index (κ2) is 12.1. The third kappa shape index (κ3) is 6.22. The Kier molecular flexibility index (Phi) is 8.92. The van der Waals surface area contributed by atoms with Gasteiger partial charge in [0.05, 0.1) is 19.0 Å². The van der Waals surface area contributed by atoms with E-state index in [0.717, 1.165) is 16.7 Å². The van der Waals surface area contributed by atoms with Gasteiger partial charge in [0.25, 0.3) is 0 Å². The largest absolute Gasteiger partial charge is 0.348 e. The first-order valence-electron chi connectivity index (χ1n) is 11.9. The number of nitrogens with two attached hydrogens (primary N) is 1. The molecule has 0 fully saturated rings. The fourth-order valence-corrected chi connectivity index (χ4v) is 4.04. The summed E-state index contributed by atoms with van der Waals surface area (Å²) in [6, 6.07) is 28.0. The van der Waals surface area contributed by atoms with Crippen molar-refractivity contribution < 1.29 is 14.4 Å². The Bertz CT molecular complexity index is 1020. The number of benzene rings is 3. The topological polar surface area (TPSA) is 101 Å². The second-order valence-electron chi connectivity index (χ2n) is 8.70. The third-order valence-electron chi connectivity index (χ3n) is 6.29. The minimum absolute atomic E-state index is 0.0613. The molecule has 6 nitrogen and oxygen atoms in total. The molecule has 0 aromatic heterocycles. The molecule has 35 heavy (non-hydrogen) atoms. The lowest BCUT2D eigenvalue weighted by Crippen LogP contribution is -2.51. The minimum Gasteiger partial charge on any atom is -0.348 e. The number of ketones is 1. The average molecular weight is 472 g/mol. The predicted molar refractivity (Wildman–Crippen MR) is 137 cm³/mol. The molecule has 0 aliphatic carbocycles. The number of carbonyl (C=O) groups is 3. The first-order valence-corrected chi connectivity index (χ1v) is 11.9. The molecule has 2 atom stereocenters. The summed E-state index contributed by atoms with van der Waals surface area (Å²) < 4.78 is 0. The van der Waals surface area contributed by atoms with Gasteiger partial charge in [0.15, 0.2) is 5.78 Å². The molecule has 182 valence electrons. The maximum atomic E-state index is 13.3. The van der Waals surface area contributed by atoms with Crippen molar-refractivity contribution in [1.82, 2.24) is 10.6 Å². The van der Waals surface area contributed by atoms with Crippen LogP contribution in [0.3, 0.4) is 0 Å². The molecule has 3 rings (SSSR count). The molecule has 0 bridgehead atoms. The van der Waals surface area contributed by atoms with Crippen LogP contribution in [0.2, 0.25) is 0 Å². The van der Waals surface area contributed by atoms with Crippen molar-refractivity contribution in [2.24, 2.45) is 11.7 Å². The van der Waals surface area contributed by atoms with E-state index in [2.05, 4.69) is 10.6 Å². The van der Waals surface area contributed by atoms with Gasteiger partial charge in [0.2, 0.25) is 11.8 Å². The van der Waals surface area contributed by atoms with Gasteiger partial charge in [-0.1, -0.05) is 105 Å². The second-order valence-corrected chi connectivity index (χ2v) is 8.70. The molecular weight excluding hydrogens is 438 g/mol. The molecule has 3 aromatic rings. The van der Waals surface area contributed by atoms with E-state index in [1.54, 1.807) is 0 Å². The molecule has 4 N–H and O–H groups in total. The van der Waals surface area contributed by atoms with Crippen molar-refractivity contribution in [2.45, 2.75) is 38.3 Å². The lowest BCUT2D eigenvalue weighted by Gasteiger charge is -2.37. The highest BCUT2D eigenvalue weighted by molar-refractivity contribution is 5.92. The summed E-state index contributed by atoms with van der Waals surface area (Å²) in [6.07, 6.45) is 0.474. The van der Waals surface area contributed by atoms with Crippen LogP contribution in [0.5, 0.6) is 0 Å². The highest BCUT2D eigenvalue weighted by Crippen LogP contribution is 2.36. The van der Waals surface area contributed by atoms with Gasteiger partial charge < -0.3 is 16.4 Å². The van der Waals surface area contributed by atoms with Crippen LogP contribution in [0.25, 0.3) is 0 Å². The van der Waals surface area contributed by atoms with E-state index in [1.165, 1.54) is 0 Å². The van der Waals surface area contributed by atoms with E-state index in [4.69, 9.17) is 5.73 Å². The van der Waals surface area contributed by atoms with E-state index < -0.39 is 17.5 Å². The van der Waals surface area contributed by atoms with Gasteiger partial charge in [-0.3, -0.25) is 14.4 Å². The van der Waals surface area contributed by atoms with Gasteiger partial charge in [-0.25, -0.2) is 0 Å². The van der Waals surface area contributed by atoms with Crippen LogP contribution in [0.4, 0.5) is 0 Å². The zero-order valence-electron chi connectivity index (χ0n) is 20.2. The first kappa shape index (κ1) is 25.8. The summed E-state index contributed by atoms with van der Waals surface area (Å²) in [6.45, 7) is 3.64. The van der Waals surface area contributed by atoms with E-state index >= 15 is 0 Å². The first-order chi connectivity index (χ1) is 16.9. The normalized spacial score (nSPS) is 12.9. The van der Waals surface area contributed by atoms with E-state index in [1.807, 2.05) is 105 Å². The summed E-state index contributed by atoms with van der Waals surface area (Å²) in [7, 11) is 0. The maximum Gasteiger partial charge on any atom is 0.237 e. The number of hydrogen-bond acceptors (Lipinski definition) is 4. The van der Waals surface area contributed by atoms with Gasteiger partial charge in [-0.15, -0.1) is 0 Å². The standard InChI is InChI=1S/C29H33N3O3/c1-3-21(2)26(33)20-31-28(35)25(30)19-27(34)32-29(22-13-7-4-8-14-22,23-15-9-5-10-16-23)24-17-11-6-12-18-24/h4-18,21,25H,3,19-20,30H2,1-2H3,(H,31,35)(H,32,34)/t21-,25-/m0/s1. The molecule has 0 radical (unpaired) electrons. The summed E-state index contributed by atoms with van der Waals surface area (Å²) in [5, 5.41) is 5.76. The molecule has 3 aromatic carbocycles. The Hall–Kier alpha value is -3.77.